The number of aliphatic hydroxyl groups is 2. The number of aliphatic hydroxyl groups excluding tert-OH is 1. The molecule has 10 nitrogen and oxygen atoms in total. The summed E-state index contributed by atoms with van der Waals surface area (Å²) in [5.41, 5.74) is 1.78. The second-order valence-corrected chi connectivity index (χ2v) is 10.1. The van der Waals surface area contributed by atoms with Gasteiger partial charge in [-0.3, -0.25) is 4.79 Å². The van der Waals surface area contributed by atoms with Crippen molar-refractivity contribution in [2.75, 3.05) is 11.9 Å². The van der Waals surface area contributed by atoms with Gasteiger partial charge in [-0.15, -0.1) is 0 Å². The molecule has 4 saturated carbocycles. The number of carbonyl (C=O) groups excluding carboxylic acids is 1. The molecule has 10 heteroatoms. The Kier molecular flexibility index (Phi) is 4.70. The number of anilines is 1. The van der Waals surface area contributed by atoms with Gasteiger partial charge in [-0.2, -0.15) is 4.98 Å². The minimum Gasteiger partial charge on any atom is -0.392 e. The third kappa shape index (κ3) is 3.57. The van der Waals surface area contributed by atoms with Crippen LogP contribution in [0, 0.1) is 17.8 Å². The minimum atomic E-state index is -0.675. The van der Waals surface area contributed by atoms with Crippen LogP contribution in [0.2, 0.25) is 0 Å². The zero-order valence-corrected chi connectivity index (χ0v) is 18.4. The summed E-state index contributed by atoms with van der Waals surface area (Å²) in [5.74, 6) is 1.04. The van der Waals surface area contributed by atoms with Crippen LogP contribution in [0.5, 0.6) is 0 Å². The van der Waals surface area contributed by atoms with Gasteiger partial charge in [-0.05, 0) is 62.8 Å². The number of hydrogen-bond acceptors (Lipinski definition) is 8. The van der Waals surface area contributed by atoms with Gasteiger partial charge in [0.05, 0.1) is 23.0 Å². The molecule has 0 saturated heterocycles. The molecule has 6 atom stereocenters. The molecule has 174 valence electrons. The molecule has 3 heterocycles. The number of amides is 1. The lowest BCUT2D eigenvalue weighted by molar-refractivity contribution is -0.129. The molecule has 3 aromatic heterocycles. The summed E-state index contributed by atoms with van der Waals surface area (Å²) in [6.07, 6.45) is 7.76. The van der Waals surface area contributed by atoms with Gasteiger partial charge < -0.3 is 30.4 Å². The van der Waals surface area contributed by atoms with Gasteiger partial charge >= 0.3 is 11.8 Å². The molecular formula is C23H28N6O4. The third-order valence-electron chi connectivity index (χ3n) is 7.56. The fourth-order valence-corrected chi connectivity index (χ4v) is 6.46. The van der Waals surface area contributed by atoms with Crippen molar-refractivity contribution in [2.24, 2.45) is 17.8 Å². The maximum absolute atomic E-state index is 12.3. The maximum Gasteiger partial charge on any atom is 0.316 e. The number of pyridine rings is 1. The average Bonchev–Trinajstić information content (AvgIpc) is 3.43. The van der Waals surface area contributed by atoms with Crippen LogP contribution in [-0.4, -0.2) is 60.5 Å². The molecule has 0 spiro atoms. The molecule has 4 aliphatic carbocycles. The second-order valence-electron chi connectivity index (χ2n) is 10.1. The molecule has 5 N–H and O–H groups in total. The monoisotopic (exact) mass is 452 g/mol. The second kappa shape index (κ2) is 7.53. The standard InChI is InChI=1S/C23H28N6O4/c1-11(30)9-26-21(31)22-28-20(29-33-22)16-10-25-19-15(2-3-24-19)18(16)27-17-13-4-12-5-14(17)8-23(32,6-12)7-13/h2-3,10-14,17,30,32H,4-9H2,1H3,(H,26,31)(H2,24,25,27)/t11?,12?,13-,14+,17?,23?. The lowest BCUT2D eigenvalue weighted by Crippen LogP contribution is -2.59. The van der Waals surface area contributed by atoms with E-state index in [0.717, 1.165) is 48.8 Å². The average molecular weight is 453 g/mol. The summed E-state index contributed by atoms with van der Waals surface area (Å²) < 4.78 is 5.21. The Balaban J connectivity index is 1.33. The van der Waals surface area contributed by atoms with E-state index in [4.69, 9.17) is 4.52 Å². The van der Waals surface area contributed by atoms with Crippen LogP contribution >= 0.6 is 0 Å². The molecule has 4 bridgehead atoms. The molecule has 4 aliphatic rings. The molecule has 4 fully saturated rings. The van der Waals surface area contributed by atoms with Gasteiger partial charge in [-0.1, -0.05) is 5.16 Å². The number of aromatic nitrogens is 4. The van der Waals surface area contributed by atoms with E-state index in [2.05, 4.69) is 30.7 Å². The lowest BCUT2D eigenvalue weighted by atomic mass is 9.52. The first-order chi connectivity index (χ1) is 15.9. The predicted molar refractivity (Wildman–Crippen MR) is 119 cm³/mol. The number of rotatable bonds is 6. The smallest absolute Gasteiger partial charge is 0.316 e. The molecule has 0 aromatic carbocycles. The first-order valence-electron chi connectivity index (χ1n) is 11.6. The zero-order chi connectivity index (χ0) is 22.7. The highest BCUT2D eigenvalue weighted by Crippen LogP contribution is 2.56. The molecule has 3 aromatic rings. The van der Waals surface area contributed by atoms with Crippen molar-refractivity contribution in [2.45, 2.75) is 56.8 Å². The molecule has 33 heavy (non-hydrogen) atoms. The quantitative estimate of drug-likeness (QED) is 0.382. The number of aromatic amines is 1. The van der Waals surface area contributed by atoms with Crippen LogP contribution < -0.4 is 10.6 Å². The number of nitrogens with zero attached hydrogens (tertiary/aromatic N) is 3. The first kappa shape index (κ1) is 20.6. The van der Waals surface area contributed by atoms with E-state index in [1.165, 1.54) is 0 Å². The third-order valence-corrected chi connectivity index (χ3v) is 7.56. The number of fused-ring (bicyclic) bond motifs is 1. The molecule has 0 radical (unpaired) electrons. The minimum absolute atomic E-state index is 0.0953. The highest BCUT2D eigenvalue weighted by Gasteiger charge is 2.54. The Bertz CT molecular complexity index is 1190. The summed E-state index contributed by atoms with van der Waals surface area (Å²) >= 11 is 0. The van der Waals surface area contributed by atoms with Gasteiger partial charge in [0, 0.05) is 30.4 Å². The normalized spacial score (nSPS) is 31.1. The number of H-pyrrole nitrogens is 1. The van der Waals surface area contributed by atoms with Gasteiger partial charge in [0.2, 0.25) is 5.82 Å². The lowest BCUT2D eigenvalue weighted by Gasteiger charge is -2.58. The maximum atomic E-state index is 12.3. The first-order valence-corrected chi connectivity index (χ1v) is 11.6. The molecular weight excluding hydrogens is 424 g/mol. The Morgan fingerprint density at radius 3 is 2.85 bits per heavy atom. The highest BCUT2D eigenvalue weighted by atomic mass is 16.5. The van der Waals surface area contributed by atoms with Crippen LogP contribution in [0.4, 0.5) is 5.69 Å². The summed E-state index contributed by atoms with van der Waals surface area (Å²) in [7, 11) is 0. The van der Waals surface area contributed by atoms with E-state index < -0.39 is 17.6 Å². The van der Waals surface area contributed by atoms with Crippen LogP contribution in [0.15, 0.2) is 23.0 Å². The van der Waals surface area contributed by atoms with Gasteiger partial charge in [0.15, 0.2) is 0 Å². The van der Waals surface area contributed by atoms with Gasteiger partial charge in [0.1, 0.15) is 5.65 Å². The number of carbonyl (C=O) groups is 1. The van der Waals surface area contributed by atoms with E-state index in [9.17, 15) is 15.0 Å². The van der Waals surface area contributed by atoms with Crippen molar-refractivity contribution in [1.82, 2.24) is 25.4 Å². The largest absolute Gasteiger partial charge is 0.392 e. The van der Waals surface area contributed by atoms with Gasteiger partial charge in [-0.25, -0.2) is 4.98 Å². The SMILES string of the molecule is CC(O)CNC(=O)c1nc(-c2cnc3[nH]ccc3c2NC2[C@@H]3CC4C[C@H]2CC(O)(C4)C3)no1. The van der Waals surface area contributed by atoms with Crippen LogP contribution in [0.1, 0.15) is 49.7 Å². The Labute approximate surface area is 190 Å². The van der Waals surface area contributed by atoms with Crippen molar-refractivity contribution in [3.8, 4) is 11.4 Å². The van der Waals surface area contributed by atoms with Crippen molar-refractivity contribution >= 4 is 22.6 Å². The highest BCUT2D eigenvalue weighted by molar-refractivity contribution is 5.97. The van der Waals surface area contributed by atoms with Gasteiger partial charge in [0.25, 0.3) is 0 Å². The van der Waals surface area contributed by atoms with Crippen LogP contribution in [0.25, 0.3) is 22.4 Å². The summed E-state index contributed by atoms with van der Waals surface area (Å²) in [4.78, 5) is 24.2. The number of hydrogen-bond donors (Lipinski definition) is 5. The molecule has 4 unspecified atom stereocenters. The van der Waals surface area contributed by atoms with E-state index in [1.54, 1.807) is 13.1 Å². The summed E-state index contributed by atoms with van der Waals surface area (Å²) in [5, 5.41) is 31.7. The van der Waals surface area contributed by atoms with Crippen molar-refractivity contribution in [1.29, 1.82) is 0 Å². The fourth-order valence-electron chi connectivity index (χ4n) is 6.46. The van der Waals surface area contributed by atoms with Crippen molar-refractivity contribution in [3.05, 3.63) is 24.4 Å². The Hall–Kier alpha value is -2.98. The molecule has 7 rings (SSSR count). The van der Waals surface area contributed by atoms with E-state index in [-0.39, 0.29) is 24.3 Å². The zero-order valence-electron chi connectivity index (χ0n) is 18.4. The van der Waals surface area contributed by atoms with Crippen LogP contribution in [-0.2, 0) is 0 Å². The van der Waals surface area contributed by atoms with E-state index >= 15 is 0 Å². The van der Waals surface area contributed by atoms with Crippen LogP contribution in [0.3, 0.4) is 0 Å². The molecule has 0 aliphatic heterocycles. The summed E-state index contributed by atoms with van der Waals surface area (Å²) in [6.45, 7) is 1.68. The predicted octanol–water partition coefficient (Wildman–Crippen LogP) is 2.08. The van der Waals surface area contributed by atoms with E-state index in [0.29, 0.717) is 23.3 Å². The van der Waals surface area contributed by atoms with Crippen molar-refractivity contribution in [3.63, 3.8) is 0 Å². The molecule has 1 amide bonds. The van der Waals surface area contributed by atoms with Crippen molar-refractivity contribution < 1.29 is 19.5 Å². The summed E-state index contributed by atoms with van der Waals surface area (Å²) in [6, 6.07) is 2.22. The Morgan fingerprint density at radius 1 is 1.33 bits per heavy atom. The Morgan fingerprint density at radius 2 is 2.12 bits per heavy atom. The van der Waals surface area contributed by atoms with E-state index in [1.807, 2.05) is 12.3 Å². The topological polar surface area (TPSA) is 149 Å². The fraction of sp³-hybridized carbons (Fsp3) is 0.565. The number of nitrogens with one attached hydrogen (secondary N) is 3.